The molecule has 0 bridgehead atoms. The second-order valence-electron chi connectivity index (χ2n) is 0.283. The first-order valence-electron chi connectivity index (χ1n) is 0.780. The third kappa shape index (κ3) is 4120. The average Bonchev–Trinajstić information content (AvgIpc) is 1.41. The monoisotopic (exact) mass is 144 g/mol. The summed E-state index contributed by atoms with van der Waals surface area (Å²) in [6.07, 6.45) is -1.83. The molecular formula is CH3LiNiO4. The molecular weight excluding hydrogens is 142 g/mol. The molecule has 0 rings (SSSR count). The fourth-order valence-electron chi connectivity index (χ4n) is 0. The average molecular weight is 145 g/mol. The Morgan fingerprint density at radius 2 is 1.29 bits per heavy atom. The molecule has 0 atom stereocenters. The van der Waals surface area contributed by atoms with Crippen molar-refractivity contribution in [2.75, 3.05) is 0 Å². The van der Waals surface area contributed by atoms with Crippen LogP contribution in [0.4, 0.5) is 4.79 Å². The summed E-state index contributed by atoms with van der Waals surface area (Å²) in [5, 5.41) is 13.9. The molecule has 0 heterocycles. The Hall–Kier alpha value is 0.161. The molecule has 0 aliphatic rings. The van der Waals surface area contributed by atoms with Gasteiger partial charge in [-0.1, -0.05) is 0 Å². The molecule has 0 aromatic rings. The van der Waals surface area contributed by atoms with Gasteiger partial charge in [0, 0.05) is 0 Å². The van der Waals surface area contributed by atoms with Crippen LogP contribution in [0.15, 0.2) is 0 Å². The van der Waals surface area contributed by atoms with Crippen molar-refractivity contribution in [2.24, 2.45) is 0 Å². The molecule has 0 saturated carbocycles. The third-order valence-electron chi connectivity index (χ3n) is 0. The summed E-state index contributed by atoms with van der Waals surface area (Å²) in [7, 11) is 0. The zero-order valence-corrected chi connectivity index (χ0v) is 3.51. The standard InChI is InChI=1S/CH2O3.Li.Ni.O.H/c2-1(3)4;;;;/h(H2,2,3,4);;;;. The number of carboxylic acid groups (broad SMARTS) is 2. The van der Waals surface area contributed by atoms with Crippen molar-refractivity contribution in [2.45, 2.75) is 0 Å². The first kappa shape index (κ1) is 15.7. The Kier molecular flexibility index (Phi) is 36.8. The van der Waals surface area contributed by atoms with Crippen molar-refractivity contribution >= 4 is 25.0 Å². The van der Waals surface area contributed by atoms with Gasteiger partial charge in [-0.2, -0.15) is 0 Å². The van der Waals surface area contributed by atoms with Crippen LogP contribution >= 0.6 is 0 Å². The minimum absolute atomic E-state index is 0. The second-order valence-corrected chi connectivity index (χ2v) is 0.283. The summed E-state index contributed by atoms with van der Waals surface area (Å²) < 4.78 is 7.88. The fourth-order valence-corrected chi connectivity index (χ4v) is 0. The van der Waals surface area contributed by atoms with E-state index in [1.165, 1.54) is 0 Å². The van der Waals surface area contributed by atoms with Gasteiger partial charge in [-0.05, 0) is 0 Å². The quantitative estimate of drug-likeness (QED) is 0.448. The Morgan fingerprint density at radius 1 is 1.29 bits per heavy atom. The van der Waals surface area contributed by atoms with E-state index in [0.717, 1.165) is 0 Å². The van der Waals surface area contributed by atoms with Crippen LogP contribution in [-0.2, 0) is 19.3 Å². The van der Waals surface area contributed by atoms with E-state index >= 15 is 0 Å². The Balaban J connectivity index is -0.0000000480. The van der Waals surface area contributed by atoms with E-state index in [4.69, 9.17) is 18.9 Å². The van der Waals surface area contributed by atoms with Crippen LogP contribution in [0.1, 0.15) is 0 Å². The molecule has 0 aromatic carbocycles. The summed E-state index contributed by atoms with van der Waals surface area (Å²) in [5.74, 6) is 0. The van der Waals surface area contributed by atoms with E-state index in [0.29, 0.717) is 0 Å². The van der Waals surface area contributed by atoms with Crippen LogP contribution in [0.3, 0.4) is 0 Å². The van der Waals surface area contributed by atoms with Crippen molar-refractivity contribution < 1.29 is 34.3 Å². The van der Waals surface area contributed by atoms with Gasteiger partial charge in [-0.15, -0.1) is 0 Å². The maximum absolute atomic E-state index is 8.56. The van der Waals surface area contributed by atoms with E-state index < -0.39 is 6.16 Å². The molecule has 0 radical (unpaired) electrons. The van der Waals surface area contributed by atoms with Gasteiger partial charge in [-0.25, -0.2) is 4.79 Å². The molecule has 7 heavy (non-hydrogen) atoms. The van der Waals surface area contributed by atoms with Crippen LogP contribution < -0.4 is 0 Å². The number of hydrogen-bond acceptors (Lipinski definition) is 2. The molecule has 0 aliphatic heterocycles. The Morgan fingerprint density at radius 3 is 1.29 bits per heavy atom. The Bertz CT molecular complexity index is 43.0. The molecule has 42 valence electrons. The van der Waals surface area contributed by atoms with Gasteiger partial charge in [0.25, 0.3) is 0 Å². The van der Waals surface area contributed by atoms with Gasteiger partial charge in [0.05, 0.1) is 0 Å². The van der Waals surface area contributed by atoms with E-state index in [9.17, 15) is 0 Å². The van der Waals surface area contributed by atoms with Gasteiger partial charge >= 0.3 is 44.3 Å². The van der Waals surface area contributed by atoms with E-state index in [1.807, 2.05) is 0 Å². The van der Waals surface area contributed by atoms with Crippen LogP contribution in [0.25, 0.3) is 0 Å². The van der Waals surface area contributed by atoms with Crippen LogP contribution in [0, 0.1) is 0 Å². The molecule has 0 aromatic heterocycles. The minimum atomic E-state index is -1.83. The summed E-state index contributed by atoms with van der Waals surface area (Å²) in [4.78, 5) is 8.56. The zero-order chi connectivity index (χ0) is 5.58. The fraction of sp³-hybridized carbons (Fsp3) is 0. The molecule has 0 aliphatic carbocycles. The third-order valence-corrected chi connectivity index (χ3v) is 0. The molecule has 0 fully saturated rings. The van der Waals surface area contributed by atoms with Crippen molar-refractivity contribution in [3.05, 3.63) is 0 Å². The van der Waals surface area contributed by atoms with Gasteiger partial charge in [0.1, 0.15) is 0 Å². The first-order valence-corrected chi connectivity index (χ1v) is 1.18. The van der Waals surface area contributed by atoms with Crippen molar-refractivity contribution in [1.82, 2.24) is 0 Å². The van der Waals surface area contributed by atoms with Crippen LogP contribution in [0.5, 0.6) is 0 Å². The topological polar surface area (TPSA) is 74.6 Å². The first-order chi connectivity index (χ1) is 2.73. The van der Waals surface area contributed by atoms with Gasteiger partial charge < -0.3 is 10.2 Å². The number of carbonyl (C=O) groups is 1. The van der Waals surface area contributed by atoms with Crippen LogP contribution in [-0.4, -0.2) is 35.2 Å². The molecule has 0 spiro atoms. The van der Waals surface area contributed by atoms with Gasteiger partial charge in [0.15, 0.2) is 0 Å². The van der Waals surface area contributed by atoms with E-state index in [1.54, 1.807) is 0 Å². The summed E-state index contributed by atoms with van der Waals surface area (Å²) in [5.41, 5.74) is 0. The second kappa shape index (κ2) is 16.4. The summed E-state index contributed by atoms with van der Waals surface area (Å²) in [6, 6.07) is 0. The maximum atomic E-state index is 8.56. The van der Waals surface area contributed by atoms with Gasteiger partial charge in [-0.3, -0.25) is 0 Å². The summed E-state index contributed by atoms with van der Waals surface area (Å²) >= 11 is 2.62. The predicted molar refractivity (Wildman–Crippen MR) is 18.5 cm³/mol. The van der Waals surface area contributed by atoms with Gasteiger partial charge in [0.2, 0.25) is 0 Å². The molecule has 0 saturated heterocycles. The molecule has 0 amide bonds. The number of hydrogen-bond donors (Lipinski definition) is 2. The molecule has 0 unspecified atom stereocenters. The van der Waals surface area contributed by atoms with E-state index in [-0.39, 0.29) is 18.9 Å². The normalized spacial score (nSPS) is 4.29. The SMILES string of the molecule is O=C(O)O.[LiH].[O]=[Ni]. The molecule has 4 nitrogen and oxygen atoms in total. The number of rotatable bonds is 0. The van der Waals surface area contributed by atoms with Crippen molar-refractivity contribution in [1.29, 1.82) is 0 Å². The zero-order valence-electron chi connectivity index (χ0n) is 2.53. The molecule has 6 heteroatoms. The van der Waals surface area contributed by atoms with Crippen LogP contribution in [0.2, 0.25) is 0 Å². The molecule has 2 N–H and O–H groups in total. The Labute approximate surface area is 59.6 Å². The summed E-state index contributed by atoms with van der Waals surface area (Å²) in [6.45, 7) is 0. The van der Waals surface area contributed by atoms with Crippen molar-refractivity contribution in [3.8, 4) is 0 Å². The predicted octanol–water partition coefficient (Wildman–Crippen LogP) is -0.547. The van der Waals surface area contributed by atoms with E-state index in [2.05, 4.69) is 15.4 Å². The van der Waals surface area contributed by atoms with Crippen molar-refractivity contribution in [3.63, 3.8) is 0 Å².